The number of rotatable bonds is 11. The summed E-state index contributed by atoms with van der Waals surface area (Å²) in [5.74, 6) is 0. The van der Waals surface area contributed by atoms with Crippen molar-refractivity contribution < 1.29 is 4.74 Å². The van der Waals surface area contributed by atoms with Gasteiger partial charge in [-0.05, 0) is 25.7 Å². The van der Waals surface area contributed by atoms with Crippen LogP contribution in [0.2, 0.25) is 0 Å². The van der Waals surface area contributed by atoms with Gasteiger partial charge < -0.3 is 4.74 Å². The van der Waals surface area contributed by atoms with Gasteiger partial charge in [-0.25, -0.2) is 0 Å². The van der Waals surface area contributed by atoms with Crippen LogP contribution in [-0.2, 0) is 4.74 Å². The summed E-state index contributed by atoms with van der Waals surface area (Å²) in [7, 11) is 0. The maximum absolute atomic E-state index is 5.49. The van der Waals surface area contributed by atoms with Crippen molar-refractivity contribution in [3.8, 4) is 0 Å². The highest BCUT2D eigenvalue weighted by Gasteiger charge is 1.90. The van der Waals surface area contributed by atoms with Crippen molar-refractivity contribution in [1.29, 1.82) is 0 Å². The summed E-state index contributed by atoms with van der Waals surface area (Å²) < 4.78 is 5.49. The zero-order chi connectivity index (χ0) is 10.5. The highest BCUT2D eigenvalue weighted by molar-refractivity contribution is 4.65. The van der Waals surface area contributed by atoms with Gasteiger partial charge in [-0.3, -0.25) is 0 Å². The summed E-state index contributed by atoms with van der Waals surface area (Å²) in [5.41, 5.74) is 0. The Balaban J connectivity index is 2.81. The molecule has 0 saturated heterocycles. The molecule has 0 aliphatic rings. The van der Waals surface area contributed by atoms with Crippen LogP contribution in [0.25, 0.3) is 0 Å². The lowest BCUT2D eigenvalue weighted by atomic mass is 10.1. The lowest BCUT2D eigenvalue weighted by molar-refractivity contribution is 0.127. The van der Waals surface area contributed by atoms with E-state index < -0.39 is 0 Å². The molecule has 0 atom stereocenters. The molecule has 0 aromatic heterocycles. The average Bonchev–Trinajstić information content (AvgIpc) is 2.21. The molecule has 14 heavy (non-hydrogen) atoms. The normalized spacial score (nSPS) is 10.4. The molecule has 1 nitrogen and oxygen atoms in total. The van der Waals surface area contributed by atoms with Crippen molar-refractivity contribution in [1.82, 2.24) is 0 Å². The van der Waals surface area contributed by atoms with Crippen LogP contribution < -0.4 is 0 Å². The number of unbranched alkanes of at least 4 members (excludes halogenated alkanes) is 6. The molecule has 0 aliphatic carbocycles. The van der Waals surface area contributed by atoms with E-state index in [1.807, 2.05) is 6.08 Å². The Morgan fingerprint density at radius 3 is 2.29 bits per heavy atom. The standard InChI is InChI=1S/C13H26O/c1-3-5-7-8-9-10-11-13-14-12-6-4-2/h3H,1,4-13H2,2H3. The fourth-order valence-electron chi connectivity index (χ4n) is 1.37. The number of allylic oxidation sites excluding steroid dienone is 1. The predicted octanol–water partition coefficient (Wildman–Crippen LogP) is 4.33. The predicted molar refractivity (Wildman–Crippen MR) is 63.6 cm³/mol. The van der Waals surface area contributed by atoms with Crippen LogP contribution in [-0.4, -0.2) is 13.2 Å². The Morgan fingerprint density at radius 2 is 1.57 bits per heavy atom. The smallest absolute Gasteiger partial charge is 0.0466 e. The van der Waals surface area contributed by atoms with E-state index in [1.165, 1.54) is 51.4 Å². The first-order valence-corrected chi connectivity index (χ1v) is 6.10. The summed E-state index contributed by atoms with van der Waals surface area (Å²) in [6.07, 6.45) is 12.2. The fourth-order valence-corrected chi connectivity index (χ4v) is 1.37. The Bertz CT molecular complexity index is 110. The molecule has 0 bridgehead atoms. The first-order valence-electron chi connectivity index (χ1n) is 6.10. The van der Waals surface area contributed by atoms with Crippen molar-refractivity contribution in [2.24, 2.45) is 0 Å². The topological polar surface area (TPSA) is 9.23 Å². The maximum Gasteiger partial charge on any atom is 0.0466 e. The van der Waals surface area contributed by atoms with Crippen LogP contribution in [0.5, 0.6) is 0 Å². The average molecular weight is 198 g/mol. The summed E-state index contributed by atoms with van der Waals surface area (Å²) in [4.78, 5) is 0. The third-order valence-corrected chi connectivity index (χ3v) is 2.34. The van der Waals surface area contributed by atoms with Gasteiger partial charge in [-0.1, -0.05) is 38.7 Å². The van der Waals surface area contributed by atoms with Crippen molar-refractivity contribution in [2.45, 2.75) is 58.3 Å². The monoisotopic (exact) mass is 198 g/mol. The van der Waals surface area contributed by atoms with Crippen molar-refractivity contribution in [3.05, 3.63) is 12.7 Å². The van der Waals surface area contributed by atoms with Gasteiger partial charge >= 0.3 is 0 Å². The number of hydrogen-bond donors (Lipinski definition) is 0. The molecular weight excluding hydrogens is 172 g/mol. The third-order valence-electron chi connectivity index (χ3n) is 2.34. The van der Waals surface area contributed by atoms with Gasteiger partial charge in [0.15, 0.2) is 0 Å². The molecule has 0 aromatic rings. The van der Waals surface area contributed by atoms with Crippen LogP contribution in [0.3, 0.4) is 0 Å². The van der Waals surface area contributed by atoms with Crippen LogP contribution in [0.4, 0.5) is 0 Å². The van der Waals surface area contributed by atoms with Crippen LogP contribution in [0.1, 0.15) is 58.3 Å². The highest BCUT2D eigenvalue weighted by Crippen LogP contribution is 2.05. The van der Waals surface area contributed by atoms with Crippen molar-refractivity contribution in [2.75, 3.05) is 13.2 Å². The van der Waals surface area contributed by atoms with E-state index in [2.05, 4.69) is 13.5 Å². The van der Waals surface area contributed by atoms with E-state index in [9.17, 15) is 0 Å². The van der Waals surface area contributed by atoms with Gasteiger partial charge in [0.2, 0.25) is 0 Å². The summed E-state index contributed by atoms with van der Waals surface area (Å²) in [5, 5.41) is 0. The molecule has 0 aliphatic heterocycles. The molecule has 0 aromatic carbocycles. The number of ether oxygens (including phenoxy) is 1. The van der Waals surface area contributed by atoms with Gasteiger partial charge in [-0.2, -0.15) is 0 Å². The van der Waals surface area contributed by atoms with E-state index in [0.29, 0.717) is 0 Å². The summed E-state index contributed by atoms with van der Waals surface area (Å²) in [6, 6.07) is 0. The second-order valence-electron chi connectivity index (χ2n) is 3.81. The summed E-state index contributed by atoms with van der Waals surface area (Å²) >= 11 is 0. The first kappa shape index (κ1) is 13.7. The number of hydrogen-bond acceptors (Lipinski definition) is 1. The van der Waals surface area contributed by atoms with Gasteiger partial charge in [0, 0.05) is 13.2 Å². The summed E-state index contributed by atoms with van der Waals surface area (Å²) in [6.45, 7) is 7.82. The molecule has 0 unspecified atom stereocenters. The highest BCUT2D eigenvalue weighted by atomic mass is 16.5. The molecule has 0 saturated carbocycles. The minimum atomic E-state index is 0.951. The van der Waals surface area contributed by atoms with Crippen LogP contribution in [0.15, 0.2) is 12.7 Å². The zero-order valence-electron chi connectivity index (χ0n) is 9.76. The Morgan fingerprint density at radius 1 is 0.929 bits per heavy atom. The van der Waals surface area contributed by atoms with Gasteiger partial charge in [0.1, 0.15) is 0 Å². The molecule has 0 N–H and O–H groups in total. The van der Waals surface area contributed by atoms with Gasteiger partial charge in [0.05, 0.1) is 0 Å². The second-order valence-corrected chi connectivity index (χ2v) is 3.81. The SMILES string of the molecule is C=CCCCCCCCOCCCC. The fraction of sp³-hybridized carbons (Fsp3) is 0.846. The molecule has 1 heteroatoms. The molecule has 0 spiro atoms. The quantitative estimate of drug-likeness (QED) is 0.355. The maximum atomic E-state index is 5.49. The Labute approximate surface area is 89.5 Å². The lowest BCUT2D eigenvalue weighted by Gasteiger charge is -2.02. The molecule has 0 heterocycles. The zero-order valence-corrected chi connectivity index (χ0v) is 9.76. The first-order chi connectivity index (χ1) is 6.91. The van der Waals surface area contributed by atoms with Crippen molar-refractivity contribution >= 4 is 0 Å². The van der Waals surface area contributed by atoms with Crippen molar-refractivity contribution in [3.63, 3.8) is 0 Å². The van der Waals surface area contributed by atoms with Gasteiger partial charge in [0.25, 0.3) is 0 Å². The molecule has 0 radical (unpaired) electrons. The lowest BCUT2D eigenvalue weighted by Crippen LogP contribution is -1.96. The van der Waals surface area contributed by atoms with Crippen LogP contribution >= 0.6 is 0 Å². The van der Waals surface area contributed by atoms with E-state index in [-0.39, 0.29) is 0 Å². The minimum absolute atomic E-state index is 0.951. The molecular formula is C13H26O. The third kappa shape index (κ3) is 11.7. The van der Waals surface area contributed by atoms with E-state index in [4.69, 9.17) is 4.74 Å². The Hall–Kier alpha value is -0.300. The van der Waals surface area contributed by atoms with E-state index in [0.717, 1.165) is 13.2 Å². The van der Waals surface area contributed by atoms with Gasteiger partial charge in [-0.15, -0.1) is 6.58 Å². The second kappa shape index (κ2) is 12.7. The van der Waals surface area contributed by atoms with E-state index in [1.54, 1.807) is 0 Å². The minimum Gasteiger partial charge on any atom is -0.381 e. The molecule has 84 valence electrons. The van der Waals surface area contributed by atoms with Crippen LogP contribution in [0, 0.1) is 0 Å². The molecule has 0 fully saturated rings. The molecule has 0 rings (SSSR count). The Kier molecular flexibility index (Phi) is 12.4. The largest absolute Gasteiger partial charge is 0.381 e. The van der Waals surface area contributed by atoms with E-state index >= 15 is 0 Å². The molecule has 0 amide bonds.